The minimum Gasteiger partial charge on any atom is -0.308 e. The molecule has 0 radical (unpaired) electrons. The standard InChI is InChI=1S/C18H19N5OS/c1-12(2)9-13-5-3-7-15(10-13)20-17(24)21-18-23-22-16(25-18)14-6-4-8-19-11-14/h3-8,10-12H,9H2,1-2H3,(H2,20,21,23,24). The van der Waals surface area contributed by atoms with E-state index in [1.807, 2.05) is 30.3 Å². The van der Waals surface area contributed by atoms with E-state index in [-0.39, 0.29) is 6.03 Å². The molecule has 0 saturated heterocycles. The maximum absolute atomic E-state index is 12.2. The van der Waals surface area contributed by atoms with E-state index in [4.69, 9.17) is 0 Å². The van der Waals surface area contributed by atoms with Crippen molar-refractivity contribution in [2.75, 3.05) is 10.6 Å². The third kappa shape index (κ3) is 4.84. The summed E-state index contributed by atoms with van der Waals surface area (Å²) in [6.07, 6.45) is 4.39. The first-order chi connectivity index (χ1) is 12.1. The van der Waals surface area contributed by atoms with Gasteiger partial charge in [0.1, 0.15) is 0 Å². The van der Waals surface area contributed by atoms with Crippen LogP contribution in [-0.4, -0.2) is 21.2 Å². The molecule has 0 saturated carbocycles. The SMILES string of the molecule is CC(C)Cc1cccc(NC(=O)Nc2nnc(-c3cccnc3)s2)c1. The molecule has 2 heterocycles. The minimum atomic E-state index is -0.337. The summed E-state index contributed by atoms with van der Waals surface area (Å²) in [7, 11) is 0. The van der Waals surface area contributed by atoms with E-state index in [1.54, 1.807) is 12.4 Å². The van der Waals surface area contributed by atoms with Gasteiger partial charge in [-0.1, -0.05) is 37.3 Å². The van der Waals surface area contributed by atoms with Gasteiger partial charge in [-0.2, -0.15) is 0 Å². The number of nitrogens with one attached hydrogen (secondary N) is 2. The molecule has 2 aromatic heterocycles. The monoisotopic (exact) mass is 353 g/mol. The fourth-order valence-electron chi connectivity index (χ4n) is 2.39. The van der Waals surface area contributed by atoms with E-state index in [0.717, 1.165) is 17.7 Å². The highest BCUT2D eigenvalue weighted by molar-refractivity contribution is 7.18. The highest BCUT2D eigenvalue weighted by Gasteiger charge is 2.10. The maximum atomic E-state index is 12.2. The Morgan fingerprint density at radius 2 is 2.04 bits per heavy atom. The molecule has 1 aromatic carbocycles. The van der Waals surface area contributed by atoms with E-state index in [1.165, 1.54) is 16.9 Å². The topological polar surface area (TPSA) is 79.8 Å². The van der Waals surface area contributed by atoms with Crippen LogP contribution in [-0.2, 0) is 6.42 Å². The number of carbonyl (C=O) groups excluding carboxylic acids is 1. The molecule has 2 N–H and O–H groups in total. The molecule has 0 aliphatic rings. The number of amides is 2. The maximum Gasteiger partial charge on any atom is 0.325 e. The summed E-state index contributed by atoms with van der Waals surface area (Å²) in [6.45, 7) is 4.34. The molecule has 3 aromatic rings. The third-order valence-corrected chi connectivity index (χ3v) is 4.27. The number of hydrogen-bond acceptors (Lipinski definition) is 5. The van der Waals surface area contributed by atoms with E-state index in [0.29, 0.717) is 16.1 Å². The Morgan fingerprint density at radius 1 is 1.16 bits per heavy atom. The third-order valence-electron chi connectivity index (χ3n) is 3.38. The molecule has 0 fully saturated rings. The number of benzene rings is 1. The quantitative estimate of drug-likeness (QED) is 0.710. The van der Waals surface area contributed by atoms with Crippen molar-refractivity contribution in [3.8, 4) is 10.6 Å². The van der Waals surface area contributed by atoms with Crippen molar-refractivity contribution in [1.82, 2.24) is 15.2 Å². The summed E-state index contributed by atoms with van der Waals surface area (Å²) in [5.74, 6) is 0.566. The van der Waals surface area contributed by atoms with Crippen molar-refractivity contribution in [2.45, 2.75) is 20.3 Å². The van der Waals surface area contributed by atoms with Gasteiger partial charge in [0.15, 0.2) is 5.01 Å². The molecule has 0 spiro atoms. The molecular weight excluding hydrogens is 334 g/mol. The number of hydrogen-bond donors (Lipinski definition) is 2. The zero-order valence-corrected chi connectivity index (χ0v) is 14.9. The first-order valence-electron chi connectivity index (χ1n) is 8.01. The summed E-state index contributed by atoms with van der Waals surface area (Å²) < 4.78 is 0. The van der Waals surface area contributed by atoms with Gasteiger partial charge in [-0.15, -0.1) is 10.2 Å². The van der Waals surface area contributed by atoms with Crippen LogP contribution in [0.25, 0.3) is 10.6 Å². The molecule has 128 valence electrons. The number of nitrogens with zero attached hydrogens (tertiary/aromatic N) is 3. The normalized spacial score (nSPS) is 10.7. The Morgan fingerprint density at radius 3 is 2.80 bits per heavy atom. The number of carbonyl (C=O) groups is 1. The van der Waals surface area contributed by atoms with E-state index < -0.39 is 0 Å². The predicted molar refractivity (Wildman–Crippen MR) is 101 cm³/mol. The van der Waals surface area contributed by atoms with Crippen LogP contribution in [0.4, 0.5) is 15.6 Å². The Balaban J connectivity index is 1.62. The lowest BCUT2D eigenvalue weighted by Crippen LogP contribution is -2.19. The van der Waals surface area contributed by atoms with E-state index in [9.17, 15) is 4.79 Å². The summed E-state index contributed by atoms with van der Waals surface area (Å²) in [6, 6.07) is 11.3. The second-order valence-electron chi connectivity index (χ2n) is 6.03. The lowest BCUT2D eigenvalue weighted by atomic mass is 10.0. The molecule has 6 nitrogen and oxygen atoms in total. The predicted octanol–water partition coefficient (Wildman–Crippen LogP) is 4.44. The van der Waals surface area contributed by atoms with Crippen LogP contribution < -0.4 is 10.6 Å². The number of rotatable bonds is 5. The van der Waals surface area contributed by atoms with Gasteiger partial charge < -0.3 is 5.32 Å². The van der Waals surface area contributed by atoms with Crippen molar-refractivity contribution < 1.29 is 4.79 Å². The fourth-order valence-corrected chi connectivity index (χ4v) is 3.12. The first kappa shape index (κ1) is 17.0. The Hall–Kier alpha value is -2.80. The fraction of sp³-hybridized carbons (Fsp3) is 0.222. The molecular formula is C18H19N5OS. The number of urea groups is 1. The Bertz CT molecular complexity index is 847. The van der Waals surface area contributed by atoms with Crippen molar-refractivity contribution in [1.29, 1.82) is 0 Å². The summed E-state index contributed by atoms with van der Waals surface area (Å²) >= 11 is 1.30. The van der Waals surface area contributed by atoms with Crippen LogP contribution in [0.5, 0.6) is 0 Å². The largest absolute Gasteiger partial charge is 0.325 e. The lowest BCUT2D eigenvalue weighted by molar-refractivity contribution is 0.262. The summed E-state index contributed by atoms with van der Waals surface area (Å²) in [4.78, 5) is 16.2. The summed E-state index contributed by atoms with van der Waals surface area (Å²) in [5, 5.41) is 14.8. The molecule has 0 aliphatic heterocycles. The van der Waals surface area contributed by atoms with Gasteiger partial charge in [0.2, 0.25) is 5.13 Å². The van der Waals surface area contributed by atoms with Crippen molar-refractivity contribution in [2.24, 2.45) is 5.92 Å². The molecule has 25 heavy (non-hydrogen) atoms. The Kier molecular flexibility index (Phi) is 5.35. The summed E-state index contributed by atoms with van der Waals surface area (Å²) in [5.41, 5.74) is 2.82. The Labute approximate surface area is 150 Å². The molecule has 3 rings (SSSR count). The molecule has 7 heteroatoms. The zero-order valence-electron chi connectivity index (χ0n) is 14.1. The lowest BCUT2D eigenvalue weighted by Gasteiger charge is -2.09. The van der Waals surface area contributed by atoms with Gasteiger partial charge in [-0.05, 0) is 42.2 Å². The van der Waals surface area contributed by atoms with Crippen LogP contribution in [0.3, 0.4) is 0 Å². The first-order valence-corrected chi connectivity index (χ1v) is 8.82. The van der Waals surface area contributed by atoms with Gasteiger partial charge in [0.25, 0.3) is 0 Å². The number of pyridine rings is 1. The van der Waals surface area contributed by atoms with Crippen LogP contribution in [0, 0.1) is 5.92 Å². The highest BCUT2D eigenvalue weighted by Crippen LogP contribution is 2.25. The molecule has 0 aliphatic carbocycles. The number of anilines is 2. The average Bonchev–Trinajstić information content (AvgIpc) is 3.03. The molecule has 2 amide bonds. The zero-order chi connectivity index (χ0) is 17.6. The highest BCUT2D eigenvalue weighted by atomic mass is 32.1. The second-order valence-corrected chi connectivity index (χ2v) is 7.01. The van der Waals surface area contributed by atoms with Gasteiger partial charge in [0, 0.05) is 23.6 Å². The van der Waals surface area contributed by atoms with Crippen molar-refractivity contribution in [3.63, 3.8) is 0 Å². The van der Waals surface area contributed by atoms with E-state index >= 15 is 0 Å². The van der Waals surface area contributed by atoms with Gasteiger partial charge in [-0.25, -0.2) is 4.79 Å². The number of aromatic nitrogens is 3. The van der Waals surface area contributed by atoms with Crippen LogP contribution in [0.15, 0.2) is 48.8 Å². The minimum absolute atomic E-state index is 0.337. The van der Waals surface area contributed by atoms with Gasteiger partial charge >= 0.3 is 6.03 Å². The van der Waals surface area contributed by atoms with Crippen molar-refractivity contribution in [3.05, 3.63) is 54.4 Å². The van der Waals surface area contributed by atoms with Gasteiger partial charge in [0.05, 0.1) is 0 Å². The van der Waals surface area contributed by atoms with Crippen LogP contribution in [0.1, 0.15) is 19.4 Å². The average molecular weight is 353 g/mol. The van der Waals surface area contributed by atoms with Crippen LogP contribution in [0.2, 0.25) is 0 Å². The molecule has 0 bridgehead atoms. The molecule has 0 atom stereocenters. The second kappa shape index (κ2) is 7.85. The van der Waals surface area contributed by atoms with Crippen LogP contribution >= 0.6 is 11.3 Å². The molecule has 0 unspecified atom stereocenters. The van der Waals surface area contributed by atoms with E-state index in [2.05, 4.69) is 45.7 Å². The van der Waals surface area contributed by atoms with Crippen molar-refractivity contribution >= 4 is 28.2 Å². The smallest absolute Gasteiger partial charge is 0.308 e. The van der Waals surface area contributed by atoms with Gasteiger partial charge in [-0.3, -0.25) is 10.3 Å².